The highest BCUT2D eigenvalue weighted by molar-refractivity contribution is 4.69. The van der Waals surface area contributed by atoms with Crippen LogP contribution < -0.4 is 5.73 Å². The lowest BCUT2D eigenvalue weighted by Crippen LogP contribution is -2.21. The topological polar surface area (TPSA) is 26.0 Å². The van der Waals surface area contributed by atoms with E-state index in [2.05, 4.69) is 27.7 Å². The summed E-state index contributed by atoms with van der Waals surface area (Å²) in [6, 6.07) is 0.417. The van der Waals surface area contributed by atoms with Gasteiger partial charge in [0.15, 0.2) is 0 Å². The Labute approximate surface area is 71.4 Å². The van der Waals surface area contributed by atoms with Crippen LogP contribution in [0.1, 0.15) is 53.4 Å². The second kappa shape index (κ2) is 4.76. The van der Waals surface area contributed by atoms with Gasteiger partial charge in [-0.25, -0.2) is 0 Å². The highest BCUT2D eigenvalue weighted by atomic mass is 14.6. The zero-order chi connectivity index (χ0) is 8.91. The van der Waals surface area contributed by atoms with E-state index in [1.807, 2.05) is 0 Å². The van der Waals surface area contributed by atoms with E-state index in [1.54, 1.807) is 0 Å². The van der Waals surface area contributed by atoms with Crippen molar-refractivity contribution in [1.29, 1.82) is 0 Å². The highest BCUT2D eigenvalue weighted by Gasteiger charge is 2.15. The van der Waals surface area contributed by atoms with Crippen molar-refractivity contribution in [1.82, 2.24) is 0 Å². The summed E-state index contributed by atoms with van der Waals surface area (Å²) >= 11 is 0. The predicted octanol–water partition coefficient (Wildman–Crippen LogP) is 2.94. The van der Waals surface area contributed by atoms with Gasteiger partial charge in [-0.2, -0.15) is 0 Å². The van der Waals surface area contributed by atoms with Crippen LogP contribution in [0, 0.1) is 5.41 Å². The van der Waals surface area contributed by atoms with Crippen LogP contribution in [0.15, 0.2) is 0 Å². The molecule has 0 bridgehead atoms. The van der Waals surface area contributed by atoms with Gasteiger partial charge < -0.3 is 5.73 Å². The quantitative estimate of drug-likeness (QED) is 0.652. The van der Waals surface area contributed by atoms with E-state index in [9.17, 15) is 0 Å². The van der Waals surface area contributed by atoms with E-state index in [0.717, 1.165) is 6.42 Å². The smallest absolute Gasteiger partial charge is 0.00364 e. The first-order chi connectivity index (χ1) is 5.02. The van der Waals surface area contributed by atoms with Crippen molar-refractivity contribution in [3.05, 3.63) is 0 Å². The Morgan fingerprint density at radius 2 is 1.82 bits per heavy atom. The molecule has 11 heavy (non-hydrogen) atoms. The molecule has 0 rings (SSSR count). The molecular weight excluding hydrogens is 134 g/mol. The molecule has 2 N–H and O–H groups in total. The number of rotatable bonds is 5. The molecule has 0 saturated carbocycles. The van der Waals surface area contributed by atoms with E-state index in [4.69, 9.17) is 5.73 Å². The first-order valence-corrected chi connectivity index (χ1v) is 4.77. The van der Waals surface area contributed by atoms with Crippen LogP contribution in [-0.2, 0) is 0 Å². The van der Waals surface area contributed by atoms with Crippen molar-refractivity contribution >= 4 is 0 Å². The molecule has 1 atom stereocenters. The number of hydrogen-bond donors (Lipinski definition) is 1. The van der Waals surface area contributed by atoms with Gasteiger partial charge in [0.2, 0.25) is 0 Å². The summed E-state index contributed by atoms with van der Waals surface area (Å²) in [5.74, 6) is 0. The third-order valence-electron chi connectivity index (χ3n) is 2.67. The minimum Gasteiger partial charge on any atom is -0.328 e. The second-order valence-corrected chi connectivity index (χ2v) is 4.22. The second-order valence-electron chi connectivity index (χ2n) is 4.22. The van der Waals surface area contributed by atoms with E-state index < -0.39 is 0 Å². The molecule has 0 radical (unpaired) electrons. The van der Waals surface area contributed by atoms with E-state index >= 15 is 0 Å². The predicted molar refractivity (Wildman–Crippen MR) is 51.6 cm³/mol. The van der Waals surface area contributed by atoms with Gasteiger partial charge >= 0.3 is 0 Å². The lowest BCUT2D eigenvalue weighted by molar-refractivity contribution is 0.299. The lowest BCUT2D eigenvalue weighted by Gasteiger charge is -2.23. The normalized spacial score (nSPS) is 15.0. The fourth-order valence-electron chi connectivity index (χ4n) is 0.957. The molecular formula is C10H23N. The summed E-state index contributed by atoms with van der Waals surface area (Å²) in [6.07, 6.45) is 4.80. The van der Waals surface area contributed by atoms with Gasteiger partial charge in [0.25, 0.3) is 0 Å². The summed E-state index contributed by atoms with van der Waals surface area (Å²) in [5, 5.41) is 0. The molecule has 0 aliphatic rings. The maximum atomic E-state index is 5.83. The van der Waals surface area contributed by atoms with E-state index in [-0.39, 0.29) is 0 Å². The highest BCUT2D eigenvalue weighted by Crippen LogP contribution is 2.26. The van der Waals surface area contributed by atoms with E-state index in [0.29, 0.717) is 11.5 Å². The first-order valence-electron chi connectivity index (χ1n) is 4.77. The van der Waals surface area contributed by atoms with Crippen LogP contribution in [0.5, 0.6) is 0 Å². The van der Waals surface area contributed by atoms with Crippen LogP contribution in [0.3, 0.4) is 0 Å². The van der Waals surface area contributed by atoms with Crippen LogP contribution in [-0.4, -0.2) is 6.04 Å². The van der Waals surface area contributed by atoms with Gasteiger partial charge in [0.1, 0.15) is 0 Å². The maximum absolute atomic E-state index is 5.83. The fourth-order valence-corrected chi connectivity index (χ4v) is 0.957. The maximum Gasteiger partial charge on any atom is 0.00364 e. The molecule has 0 aliphatic carbocycles. The summed E-state index contributed by atoms with van der Waals surface area (Å²) in [4.78, 5) is 0. The molecule has 68 valence electrons. The minimum absolute atomic E-state index is 0.417. The van der Waals surface area contributed by atoms with Crippen LogP contribution >= 0.6 is 0 Å². The summed E-state index contributed by atoms with van der Waals surface area (Å²) < 4.78 is 0. The van der Waals surface area contributed by atoms with Crippen LogP contribution in [0.4, 0.5) is 0 Å². The van der Waals surface area contributed by atoms with Gasteiger partial charge in [-0.1, -0.05) is 34.1 Å². The molecule has 1 nitrogen and oxygen atoms in total. The van der Waals surface area contributed by atoms with Crippen molar-refractivity contribution in [2.24, 2.45) is 11.1 Å². The van der Waals surface area contributed by atoms with Gasteiger partial charge in [-0.3, -0.25) is 0 Å². The molecule has 0 fully saturated rings. The van der Waals surface area contributed by atoms with Crippen LogP contribution in [0.2, 0.25) is 0 Å². The molecule has 0 aromatic heterocycles. The third-order valence-corrected chi connectivity index (χ3v) is 2.67. The molecule has 0 heterocycles. The number of nitrogens with two attached hydrogens (primary N) is 1. The van der Waals surface area contributed by atoms with Crippen molar-refractivity contribution in [3.8, 4) is 0 Å². The molecule has 0 aromatic rings. The Kier molecular flexibility index (Phi) is 4.74. The first kappa shape index (κ1) is 11.0. The molecule has 1 heteroatoms. The van der Waals surface area contributed by atoms with Crippen molar-refractivity contribution in [3.63, 3.8) is 0 Å². The van der Waals surface area contributed by atoms with Gasteiger partial charge in [0.05, 0.1) is 0 Å². The SMILES string of the molecule is CC[C@H](N)CCC(C)(C)CC. The van der Waals surface area contributed by atoms with Gasteiger partial charge in [-0.05, 0) is 24.7 Å². The van der Waals surface area contributed by atoms with E-state index in [1.165, 1.54) is 19.3 Å². The Balaban J connectivity index is 3.52. The Bertz CT molecular complexity index is 97.0. The molecule has 0 saturated heterocycles. The summed E-state index contributed by atoms with van der Waals surface area (Å²) in [6.45, 7) is 9.03. The zero-order valence-corrected chi connectivity index (χ0v) is 8.48. The molecule has 0 aliphatic heterocycles. The van der Waals surface area contributed by atoms with Crippen molar-refractivity contribution in [2.75, 3.05) is 0 Å². The average molecular weight is 157 g/mol. The lowest BCUT2D eigenvalue weighted by atomic mass is 9.84. The largest absolute Gasteiger partial charge is 0.328 e. The van der Waals surface area contributed by atoms with Gasteiger partial charge in [0, 0.05) is 6.04 Å². The molecule has 0 unspecified atom stereocenters. The Hall–Kier alpha value is -0.0400. The molecule has 0 amide bonds. The van der Waals surface area contributed by atoms with Crippen LogP contribution in [0.25, 0.3) is 0 Å². The monoisotopic (exact) mass is 157 g/mol. The standard InChI is InChI=1S/C10H23N/c1-5-9(11)7-8-10(3,4)6-2/h9H,5-8,11H2,1-4H3/t9-/m0/s1. The van der Waals surface area contributed by atoms with Crippen molar-refractivity contribution < 1.29 is 0 Å². The minimum atomic E-state index is 0.417. The molecule has 0 spiro atoms. The van der Waals surface area contributed by atoms with Crippen molar-refractivity contribution in [2.45, 2.75) is 59.4 Å². The Morgan fingerprint density at radius 1 is 1.27 bits per heavy atom. The fraction of sp³-hybridized carbons (Fsp3) is 1.00. The average Bonchev–Trinajstić information content (AvgIpc) is 2.00. The molecule has 0 aromatic carbocycles. The summed E-state index contributed by atoms with van der Waals surface area (Å²) in [5.41, 5.74) is 6.33. The van der Waals surface area contributed by atoms with Gasteiger partial charge in [-0.15, -0.1) is 0 Å². The number of hydrogen-bond acceptors (Lipinski definition) is 1. The Morgan fingerprint density at radius 3 is 2.18 bits per heavy atom. The summed E-state index contributed by atoms with van der Waals surface area (Å²) in [7, 11) is 0. The third kappa shape index (κ3) is 5.25. The zero-order valence-electron chi connectivity index (χ0n) is 8.48.